The number of aryl methyl sites for hydroxylation is 2. The zero-order valence-corrected chi connectivity index (χ0v) is 13.3. The van der Waals surface area contributed by atoms with Gasteiger partial charge in [0.2, 0.25) is 0 Å². The predicted molar refractivity (Wildman–Crippen MR) is 85.9 cm³/mol. The van der Waals surface area contributed by atoms with E-state index in [-0.39, 0.29) is 5.91 Å². The average Bonchev–Trinajstić information content (AvgIpc) is 2.93. The lowest BCUT2D eigenvalue weighted by molar-refractivity contribution is 0.0702. The highest BCUT2D eigenvalue weighted by atomic mass is 32.1. The Bertz CT molecular complexity index is 650. The fourth-order valence-electron chi connectivity index (χ4n) is 2.98. The number of piperidine rings is 1. The number of amides is 1. The first kappa shape index (κ1) is 14.3. The number of nitrogens with zero attached hydrogens (tertiary/aromatic N) is 2. The van der Waals surface area contributed by atoms with Crippen LogP contribution in [0.5, 0.6) is 0 Å². The molecule has 0 aliphatic carbocycles. The summed E-state index contributed by atoms with van der Waals surface area (Å²) in [4.78, 5) is 18.8. The molecule has 2 heterocycles. The molecule has 4 heteroatoms. The molecule has 1 unspecified atom stereocenters. The van der Waals surface area contributed by atoms with Gasteiger partial charge in [-0.1, -0.05) is 29.8 Å². The number of carbonyl (C=O) groups is 1. The molecule has 1 aliphatic rings. The molecular weight excluding hydrogens is 280 g/mol. The van der Waals surface area contributed by atoms with Crippen LogP contribution < -0.4 is 0 Å². The van der Waals surface area contributed by atoms with Gasteiger partial charge in [-0.25, -0.2) is 4.98 Å². The van der Waals surface area contributed by atoms with E-state index in [2.05, 4.69) is 36.2 Å². The molecular formula is C17H20N2OS. The summed E-state index contributed by atoms with van der Waals surface area (Å²) in [5.74, 6) is 0.527. The van der Waals surface area contributed by atoms with Gasteiger partial charge in [-0.15, -0.1) is 11.3 Å². The number of benzene rings is 1. The lowest BCUT2D eigenvalue weighted by Crippen LogP contribution is -2.39. The van der Waals surface area contributed by atoms with Gasteiger partial charge in [0.25, 0.3) is 5.91 Å². The van der Waals surface area contributed by atoms with E-state index in [1.807, 2.05) is 17.2 Å². The zero-order chi connectivity index (χ0) is 14.8. The quantitative estimate of drug-likeness (QED) is 0.845. The first-order chi connectivity index (χ1) is 10.1. The number of aromatic nitrogens is 1. The topological polar surface area (TPSA) is 33.2 Å². The number of rotatable bonds is 2. The molecule has 21 heavy (non-hydrogen) atoms. The zero-order valence-electron chi connectivity index (χ0n) is 12.5. The molecule has 3 rings (SSSR count). The lowest BCUT2D eigenvalue weighted by atomic mass is 9.90. The summed E-state index contributed by atoms with van der Waals surface area (Å²) < 4.78 is 0. The third kappa shape index (κ3) is 3.16. The van der Waals surface area contributed by atoms with E-state index in [0.29, 0.717) is 11.6 Å². The molecule has 1 aromatic heterocycles. The van der Waals surface area contributed by atoms with Crippen molar-refractivity contribution in [2.24, 2.45) is 0 Å². The van der Waals surface area contributed by atoms with Crippen LogP contribution in [0.3, 0.4) is 0 Å². The smallest absolute Gasteiger partial charge is 0.273 e. The third-order valence-corrected chi connectivity index (χ3v) is 4.83. The van der Waals surface area contributed by atoms with Gasteiger partial charge in [0.15, 0.2) is 0 Å². The van der Waals surface area contributed by atoms with Crippen LogP contribution in [0.1, 0.15) is 45.4 Å². The Balaban J connectivity index is 1.75. The van der Waals surface area contributed by atoms with Crippen molar-refractivity contribution in [3.63, 3.8) is 0 Å². The number of hydrogen-bond donors (Lipinski definition) is 0. The van der Waals surface area contributed by atoms with Gasteiger partial charge in [-0.2, -0.15) is 0 Å². The van der Waals surface area contributed by atoms with E-state index in [1.54, 1.807) is 0 Å². The molecule has 0 bridgehead atoms. The molecule has 0 radical (unpaired) electrons. The summed E-state index contributed by atoms with van der Waals surface area (Å²) in [6.45, 7) is 5.71. The summed E-state index contributed by atoms with van der Waals surface area (Å²) >= 11 is 1.54. The fourth-order valence-corrected chi connectivity index (χ4v) is 3.57. The highest BCUT2D eigenvalue weighted by Gasteiger charge is 2.26. The van der Waals surface area contributed by atoms with Gasteiger partial charge in [0, 0.05) is 24.4 Å². The van der Waals surface area contributed by atoms with Crippen LogP contribution in [-0.4, -0.2) is 28.9 Å². The molecule has 0 N–H and O–H groups in total. The second-order valence-electron chi connectivity index (χ2n) is 5.76. The van der Waals surface area contributed by atoms with Crippen LogP contribution in [-0.2, 0) is 0 Å². The van der Waals surface area contributed by atoms with E-state index >= 15 is 0 Å². The minimum Gasteiger partial charge on any atom is -0.337 e. The summed E-state index contributed by atoms with van der Waals surface area (Å²) in [7, 11) is 0. The van der Waals surface area contributed by atoms with E-state index < -0.39 is 0 Å². The Morgan fingerprint density at radius 2 is 2.24 bits per heavy atom. The van der Waals surface area contributed by atoms with E-state index in [4.69, 9.17) is 0 Å². The molecule has 1 aromatic carbocycles. The van der Waals surface area contributed by atoms with Gasteiger partial charge in [0.1, 0.15) is 5.69 Å². The fraction of sp³-hybridized carbons (Fsp3) is 0.412. The van der Waals surface area contributed by atoms with E-state index in [0.717, 1.165) is 30.9 Å². The molecule has 0 saturated carbocycles. The van der Waals surface area contributed by atoms with Crippen LogP contribution in [0, 0.1) is 13.8 Å². The Morgan fingerprint density at radius 3 is 2.95 bits per heavy atom. The normalized spacial score (nSPS) is 18.8. The number of carbonyl (C=O) groups excluding carboxylic acids is 1. The van der Waals surface area contributed by atoms with Crippen molar-refractivity contribution in [3.05, 3.63) is 51.5 Å². The standard InChI is InChI=1S/C17H20N2OS/c1-12-5-3-6-14(9-12)15-7-4-8-19(10-15)17(20)16-11-21-13(2)18-16/h3,5-6,9,11,15H,4,7-8,10H2,1-2H3. The Kier molecular flexibility index (Phi) is 4.06. The van der Waals surface area contributed by atoms with Crippen molar-refractivity contribution in [1.29, 1.82) is 0 Å². The van der Waals surface area contributed by atoms with Crippen LogP contribution in [0.4, 0.5) is 0 Å². The van der Waals surface area contributed by atoms with Gasteiger partial charge >= 0.3 is 0 Å². The maximum atomic E-state index is 12.5. The summed E-state index contributed by atoms with van der Waals surface area (Å²) in [5.41, 5.74) is 3.23. The van der Waals surface area contributed by atoms with Gasteiger partial charge in [-0.3, -0.25) is 4.79 Å². The number of thiazole rings is 1. The molecule has 110 valence electrons. The summed E-state index contributed by atoms with van der Waals surface area (Å²) in [5, 5.41) is 2.82. The average molecular weight is 300 g/mol. The van der Waals surface area contributed by atoms with Crippen molar-refractivity contribution in [3.8, 4) is 0 Å². The molecule has 1 fully saturated rings. The van der Waals surface area contributed by atoms with E-state index in [1.165, 1.54) is 22.5 Å². The van der Waals surface area contributed by atoms with Crippen LogP contribution in [0.2, 0.25) is 0 Å². The van der Waals surface area contributed by atoms with Crippen molar-refractivity contribution in [2.45, 2.75) is 32.6 Å². The maximum absolute atomic E-state index is 12.5. The van der Waals surface area contributed by atoms with Gasteiger partial charge < -0.3 is 4.90 Å². The second-order valence-corrected chi connectivity index (χ2v) is 6.82. The highest BCUT2D eigenvalue weighted by Crippen LogP contribution is 2.28. The minimum atomic E-state index is 0.0803. The third-order valence-electron chi connectivity index (χ3n) is 4.06. The molecule has 0 spiro atoms. The van der Waals surface area contributed by atoms with E-state index in [9.17, 15) is 4.79 Å². The minimum absolute atomic E-state index is 0.0803. The van der Waals surface area contributed by atoms with Crippen LogP contribution >= 0.6 is 11.3 Å². The highest BCUT2D eigenvalue weighted by molar-refractivity contribution is 7.09. The lowest BCUT2D eigenvalue weighted by Gasteiger charge is -2.32. The number of likely N-dealkylation sites (tertiary alicyclic amines) is 1. The Morgan fingerprint density at radius 1 is 1.38 bits per heavy atom. The molecule has 1 atom stereocenters. The molecule has 3 nitrogen and oxygen atoms in total. The van der Waals surface area contributed by atoms with Crippen molar-refractivity contribution < 1.29 is 4.79 Å². The SMILES string of the molecule is Cc1cccc(C2CCCN(C(=O)c3csc(C)n3)C2)c1. The summed E-state index contributed by atoms with van der Waals surface area (Å²) in [6.07, 6.45) is 2.22. The molecule has 1 saturated heterocycles. The molecule has 2 aromatic rings. The largest absolute Gasteiger partial charge is 0.337 e. The predicted octanol–water partition coefficient (Wildman–Crippen LogP) is 3.78. The first-order valence-electron chi connectivity index (χ1n) is 7.41. The van der Waals surface area contributed by atoms with Crippen molar-refractivity contribution >= 4 is 17.2 Å². The Hall–Kier alpha value is -1.68. The first-order valence-corrected chi connectivity index (χ1v) is 8.29. The molecule has 1 amide bonds. The van der Waals surface area contributed by atoms with Crippen molar-refractivity contribution in [2.75, 3.05) is 13.1 Å². The maximum Gasteiger partial charge on any atom is 0.273 e. The van der Waals surface area contributed by atoms with Crippen LogP contribution in [0.15, 0.2) is 29.6 Å². The molecule has 1 aliphatic heterocycles. The van der Waals surface area contributed by atoms with Crippen LogP contribution in [0.25, 0.3) is 0 Å². The monoisotopic (exact) mass is 300 g/mol. The Labute approximate surface area is 129 Å². The second kappa shape index (κ2) is 5.98. The van der Waals surface area contributed by atoms with Gasteiger partial charge in [0.05, 0.1) is 5.01 Å². The van der Waals surface area contributed by atoms with Crippen molar-refractivity contribution in [1.82, 2.24) is 9.88 Å². The van der Waals surface area contributed by atoms with Gasteiger partial charge in [-0.05, 0) is 32.3 Å². The summed E-state index contributed by atoms with van der Waals surface area (Å²) in [6, 6.07) is 8.65. The number of hydrogen-bond acceptors (Lipinski definition) is 3.